The van der Waals surface area contributed by atoms with E-state index in [1.807, 2.05) is 0 Å². The Morgan fingerprint density at radius 1 is 1.15 bits per heavy atom. The lowest BCUT2D eigenvalue weighted by atomic mass is 10.2. The van der Waals surface area contributed by atoms with E-state index in [4.69, 9.17) is 9.47 Å². The number of ether oxygens (including phenoxy) is 2. The molecule has 1 N–H and O–H groups in total. The fourth-order valence-corrected chi connectivity index (χ4v) is 5.42. The lowest BCUT2D eigenvalue weighted by Crippen LogP contribution is -2.43. The van der Waals surface area contributed by atoms with Crippen LogP contribution in [0.2, 0.25) is 0 Å². The monoisotopic (exact) mass is 494 g/mol. The van der Waals surface area contributed by atoms with E-state index in [0.29, 0.717) is 5.69 Å². The van der Waals surface area contributed by atoms with Crippen LogP contribution >= 0.6 is 0 Å². The fourth-order valence-electron chi connectivity index (χ4n) is 3.23. The zero-order valence-corrected chi connectivity index (χ0v) is 19.4. The van der Waals surface area contributed by atoms with Gasteiger partial charge in [0.05, 0.1) is 24.5 Å². The number of amides is 1. The summed E-state index contributed by atoms with van der Waals surface area (Å²) in [6, 6.07) is 11.3. The van der Waals surface area contributed by atoms with Crippen molar-refractivity contribution in [3.8, 4) is 5.75 Å². The van der Waals surface area contributed by atoms with Gasteiger partial charge in [-0.05, 0) is 43.5 Å². The fraction of sp³-hybridized carbons (Fsp3) is 0.238. The number of carbonyl (C=O) groups is 2. The van der Waals surface area contributed by atoms with Crippen LogP contribution in [0.4, 0.5) is 5.69 Å². The van der Waals surface area contributed by atoms with Gasteiger partial charge in [-0.15, -0.1) is 0 Å². The molecule has 1 aliphatic heterocycles. The summed E-state index contributed by atoms with van der Waals surface area (Å²) in [6.45, 7) is -0.682. The summed E-state index contributed by atoms with van der Waals surface area (Å²) >= 11 is 0. The maximum absolute atomic E-state index is 12.9. The van der Waals surface area contributed by atoms with E-state index >= 15 is 0 Å². The van der Waals surface area contributed by atoms with Crippen LogP contribution < -0.4 is 14.4 Å². The minimum atomic E-state index is -3.92. The summed E-state index contributed by atoms with van der Waals surface area (Å²) in [7, 11) is -4.86. The maximum atomic E-state index is 12.9. The summed E-state index contributed by atoms with van der Waals surface area (Å²) in [4.78, 5) is 26.5. The molecule has 2 aromatic rings. The van der Waals surface area contributed by atoms with Gasteiger partial charge in [-0.1, -0.05) is 18.2 Å². The van der Waals surface area contributed by atoms with Gasteiger partial charge in [0, 0.05) is 11.1 Å². The van der Waals surface area contributed by atoms with Crippen molar-refractivity contribution in [3.63, 3.8) is 0 Å². The number of methoxy groups -OCH3 is 1. The standard InChI is InChI=1S/C21H22N2O8S2/c1-22-33(28,29)19-12-15(8-9-18(19)30-2)21(25)31-13-20(24)23(16-6-4-3-5-7-16)17-10-11-32(26,27)14-17/h3-12,17,22H,13-14H2,1-2H3. The molecule has 33 heavy (non-hydrogen) atoms. The Kier molecular flexibility index (Phi) is 7.20. The molecule has 0 aromatic heterocycles. The van der Waals surface area contributed by atoms with E-state index in [1.165, 1.54) is 37.3 Å². The van der Waals surface area contributed by atoms with Crippen molar-refractivity contribution in [2.75, 3.05) is 31.4 Å². The number of nitrogens with one attached hydrogen (secondary N) is 1. The predicted octanol–water partition coefficient (Wildman–Crippen LogP) is 1.10. The van der Waals surface area contributed by atoms with E-state index in [0.717, 1.165) is 11.5 Å². The van der Waals surface area contributed by atoms with E-state index < -0.39 is 44.4 Å². The third-order valence-electron chi connectivity index (χ3n) is 4.83. The van der Waals surface area contributed by atoms with Crippen LogP contribution in [0.1, 0.15) is 10.4 Å². The number of anilines is 1. The van der Waals surface area contributed by atoms with Crippen molar-refractivity contribution in [3.05, 3.63) is 65.6 Å². The quantitative estimate of drug-likeness (QED) is 0.539. The van der Waals surface area contributed by atoms with E-state index in [-0.39, 0.29) is 22.0 Å². The SMILES string of the molecule is CNS(=O)(=O)c1cc(C(=O)OCC(=O)N(c2ccccc2)C2C=CS(=O)(=O)C2)ccc1OC. The zero-order valence-electron chi connectivity index (χ0n) is 17.8. The molecule has 0 bridgehead atoms. The molecule has 10 nitrogen and oxygen atoms in total. The van der Waals surface area contributed by atoms with Crippen molar-refractivity contribution in [1.29, 1.82) is 0 Å². The molecule has 1 amide bonds. The van der Waals surface area contributed by atoms with Crippen molar-refractivity contribution in [2.24, 2.45) is 0 Å². The number of hydrogen-bond donors (Lipinski definition) is 1. The van der Waals surface area contributed by atoms with Crippen molar-refractivity contribution in [2.45, 2.75) is 10.9 Å². The highest BCUT2D eigenvalue weighted by Crippen LogP contribution is 2.26. The van der Waals surface area contributed by atoms with Crippen LogP contribution in [0, 0.1) is 0 Å². The largest absolute Gasteiger partial charge is 0.495 e. The molecule has 0 fully saturated rings. The van der Waals surface area contributed by atoms with Crippen LogP contribution in [-0.2, 0) is 29.4 Å². The normalized spacial score (nSPS) is 16.8. The van der Waals surface area contributed by atoms with Crippen LogP contribution in [0.25, 0.3) is 0 Å². The molecule has 0 aliphatic carbocycles. The van der Waals surface area contributed by atoms with Crippen molar-refractivity contribution in [1.82, 2.24) is 4.72 Å². The van der Waals surface area contributed by atoms with Gasteiger partial charge in [-0.2, -0.15) is 0 Å². The van der Waals surface area contributed by atoms with Crippen LogP contribution in [0.15, 0.2) is 64.9 Å². The summed E-state index contributed by atoms with van der Waals surface area (Å²) in [6.07, 6.45) is 1.40. The highest BCUT2D eigenvalue weighted by molar-refractivity contribution is 7.94. The molecule has 1 unspecified atom stereocenters. The number of esters is 1. The van der Waals surface area contributed by atoms with Gasteiger partial charge in [-0.25, -0.2) is 26.4 Å². The molecular formula is C21H22N2O8S2. The van der Waals surface area contributed by atoms with Gasteiger partial charge in [0.25, 0.3) is 5.91 Å². The molecule has 1 atom stereocenters. The van der Waals surface area contributed by atoms with Gasteiger partial charge in [-0.3, -0.25) is 4.79 Å². The van der Waals surface area contributed by atoms with Gasteiger partial charge < -0.3 is 14.4 Å². The first-order chi connectivity index (χ1) is 15.6. The lowest BCUT2D eigenvalue weighted by Gasteiger charge is -2.27. The third-order valence-corrected chi connectivity index (χ3v) is 7.64. The Hall–Kier alpha value is -3.22. The Morgan fingerprint density at radius 3 is 2.42 bits per heavy atom. The molecule has 12 heteroatoms. The summed E-state index contributed by atoms with van der Waals surface area (Å²) in [5.74, 6) is -1.83. The van der Waals surface area contributed by atoms with Crippen LogP contribution in [-0.4, -0.2) is 61.3 Å². The number of sulfonamides is 1. The van der Waals surface area contributed by atoms with E-state index in [2.05, 4.69) is 4.72 Å². The van der Waals surface area contributed by atoms with Crippen molar-refractivity contribution >= 4 is 37.4 Å². The van der Waals surface area contributed by atoms with Crippen molar-refractivity contribution < 1.29 is 35.9 Å². The number of sulfone groups is 1. The first-order valence-electron chi connectivity index (χ1n) is 9.65. The first kappa shape index (κ1) is 24.4. The molecule has 3 rings (SSSR count). The minimum Gasteiger partial charge on any atom is -0.495 e. The van der Waals surface area contributed by atoms with Crippen LogP contribution in [0.5, 0.6) is 5.75 Å². The Bertz CT molecular complexity index is 1290. The number of rotatable bonds is 8. The summed E-state index contributed by atoms with van der Waals surface area (Å²) < 4.78 is 60.4. The molecule has 0 saturated heterocycles. The molecule has 176 valence electrons. The molecule has 0 radical (unpaired) electrons. The zero-order chi connectivity index (χ0) is 24.2. The van der Waals surface area contributed by atoms with E-state index in [9.17, 15) is 26.4 Å². The molecule has 0 spiro atoms. The van der Waals surface area contributed by atoms with Gasteiger partial charge >= 0.3 is 5.97 Å². The highest BCUT2D eigenvalue weighted by atomic mass is 32.2. The van der Waals surface area contributed by atoms with E-state index in [1.54, 1.807) is 30.3 Å². The Labute approximate surface area is 191 Å². The van der Waals surface area contributed by atoms with Crippen LogP contribution in [0.3, 0.4) is 0 Å². The molecule has 1 aliphatic rings. The number of hydrogen-bond acceptors (Lipinski definition) is 8. The smallest absolute Gasteiger partial charge is 0.338 e. The molecular weight excluding hydrogens is 472 g/mol. The summed E-state index contributed by atoms with van der Waals surface area (Å²) in [5.41, 5.74) is 0.337. The molecule has 0 saturated carbocycles. The maximum Gasteiger partial charge on any atom is 0.338 e. The number of carbonyl (C=O) groups excluding carboxylic acids is 2. The second-order valence-electron chi connectivity index (χ2n) is 6.97. The number of para-hydroxylation sites is 1. The predicted molar refractivity (Wildman–Crippen MR) is 120 cm³/mol. The van der Waals surface area contributed by atoms with Gasteiger partial charge in [0.2, 0.25) is 10.0 Å². The number of nitrogens with zero attached hydrogens (tertiary/aromatic N) is 1. The Morgan fingerprint density at radius 2 is 1.85 bits per heavy atom. The molecule has 1 heterocycles. The Balaban J connectivity index is 1.80. The highest BCUT2D eigenvalue weighted by Gasteiger charge is 2.32. The second kappa shape index (κ2) is 9.73. The first-order valence-corrected chi connectivity index (χ1v) is 12.8. The topological polar surface area (TPSA) is 136 Å². The lowest BCUT2D eigenvalue weighted by molar-refractivity contribution is -0.121. The number of benzene rings is 2. The van der Waals surface area contributed by atoms with Gasteiger partial charge in [0.15, 0.2) is 16.4 Å². The third kappa shape index (κ3) is 5.59. The average molecular weight is 495 g/mol. The second-order valence-corrected chi connectivity index (χ2v) is 10.8. The average Bonchev–Trinajstić information content (AvgIpc) is 3.16. The summed E-state index contributed by atoms with van der Waals surface area (Å²) in [5, 5.41) is 1.05. The molecule has 2 aromatic carbocycles. The van der Waals surface area contributed by atoms with Gasteiger partial charge in [0.1, 0.15) is 10.6 Å². The minimum absolute atomic E-state index is 0.0291.